The van der Waals surface area contributed by atoms with Crippen molar-refractivity contribution in [3.8, 4) is 11.5 Å². The SMILES string of the molecule is CC[C@H](C)NC(=O)[C@H](NC(=O)c1ccc2c(c1)OCO2)C1CCN(C(=O)c2ccc(C)cc2)CC1. The molecule has 1 fully saturated rings. The van der Waals surface area contributed by atoms with Crippen LogP contribution < -0.4 is 20.1 Å². The number of hydrogen-bond donors (Lipinski definition) is 2. The molecule has 0 spiro atoms. The third-order valence-electron chi connectivity index (χ3n) is 6.80. The van der Waals surface area contributed by atoms with Gasteiger partial charge in [0.1, 0.15) is 6.04 Å². The Hall–Kier alpha value is -3.55. The van der Waals surface area contributed by atoms with Crippen molar-refractivity contribution in [2.24, 2.45) is 5.92 Å². The van der Waals surface area contributed by atoms with Crippen LogP contribution in [0.3, 0.4) is 0 Å². The zero-order valence-electron chi connectivity index (χ0n) is 20.5. The van der Waals surface area contributed by atoms with Crippen molar-refractivity contribution in [2.45, 2.75) is 52.1 Å². The van der Waals surface area contributed by atoms with Gasteiger partial charge in [0, 0.05) is 30.3 Å². The first-order chi connectivity index (χ1) is 16.9. The molecule has 35 heavy (non-hydrogen) atoms. The van der Waals surface area contributed by atoms with E-state index in [2.05, 4.69) is 10.6 Å². The molecular formula is C27H33N3O5. The zero-order valence-corrected chi connectivity index (χ0v) is 20.5. The average molecular weight is 480 g/mol. The lowest BCUT2D eigenvalue weighted by molar-refractivity contribution is -0.125. The number of carbonyl (C=O) groups excluding carboxylic acids is 3. The van der Waals surface area contributed by atoms with Crippen LogP contribution in [0.25, 0.3) is 0 Å². The summed E-state index contributed by atoms with van der Waals surface area (Å²) in [6, 6.07) is 11.8. The quantitative estimate of drug-likeness (QED) is 0.635. The lowest BCUT2D eigenvalue weighted by atomic mass is 9.88. The maximum absolute atomic E-state index is 13.2. The van der Waals surface area contributed by atoms with E-state index in [1.54, 1.807) is 18.2 Å². The highest BCUT2D eigenvalue weighted by Gasteiger charge is 2.34. The predicted molar refractivity (Wildman–Crippen MR) is 132 cm³/mol. The van der Waals surface area contributed by atoms with Gasteiger partial charge < -0.3 is 25.0 Å². The number of piperidine rings is 1. The van der Waals surface area contributed by atoms with Crippen LogP contribution in [0.2, 0.25) is 0 Å². The van der Waals surface area contributed by atoms with Crippen LogP contribution in [0.5, 0.6) is 11.5 Å². The van der Waals surface area contributed by atoms with Gasteiger partial charge in [-0.3, -0.25) is 14.4 Å². The molecule has 1 saturated heterocycles. The first-order valence-electron chi connectivity index (χ1n) is 12.2. The predicted octanol–water partition coefficient (Wildman–Crippen LogP) is 3.29. The van der Waals surface area contributed by atoms with Crippen molar-refractivity contribution in [3.05, 3.63) is 59.2 Å². The zero-order chi connectivity index (χ0) is 24.9. The van der Waals surface area contributed by atoms with E-state index in [0.717, 1.165) is 12.0 Å². The number of likely N-dealkylation sites (tertiary alicyclic amines) is 1. The Labute approximate surface area is 206 Å². The van der Waals surface area contributed by atoms with Crippen LogP contribution in [-0.2, 0) is 4.79 Å². The summed E-state index contributed by atoms with van der Waals surface area (Å²) in [6.07, 6.45) is 2.04. The molecule has 2 aromatic carbocycles. The van der Waals surface area contributed by atoms with Gasteiger partial charge in [0.05, 0.1) is 0 Å². The Balaban J connectivity index is 1.44. The minimum atomic E-state index is -0.696. The van der Waals surface area contributed by atoms with Crippen molar-refractivity contribution >= 4 is 17.7 Å². The summed E-state index contributed by atoms with van der Waals surface area (Å²) >= 11 is 0. The molecule has 186 valence electrons. The van der Waals surface area contributed by atoms with E-state index in [1.807, 2.05) is 49.9 Å². The molecule has 0 unspecified atom stereocenters. The van der Waals surface area contributed by atoms with Gasteiger partial charge in [-0.05, 0) is 69.4 Å². The number of fused-ring (bicyclic) bond motifs is 1. The maximum atomic E-state index is 13.2. The Morgan fingerprint density at radius 3 is 2.31 bits per heavy atom. The van der Waals surface area contributed by atoms with E-state index in [1.165, 1.54) is 0 Å². The second-order valence-corrected chi connectivity index (χ2v) is 9.33. The minimum Gasteiger partial charge on any atom is -0.454 e. The Kier molecular flexibility index (Phi) is 7.58. The molecule has 0 saturated carbocycles. The molecule has 0 aromatic heterocycles. The third-order valence-corrected chi connectivity index (χ3v) is 6.80. The summed E-state index contributed by atoms with van der Waals surface area (Å²) in [5.41, 5.74) is 2.17. The molecule has 3 amide bonds. The number of aryl methyl sites for hydroxylation is 1. The highest BCUT2D eigenvalue weighted by atomic mass is 16.7. The largest absolute Gasteiger partial charge is 0.454 e. The van der Waals surface area contributed by atoms with Crippen molar-refractivity contribution in [2.75, 3.05) is 19.9 Å². The number of amides is 3. The summed E-state index contributed by atoms with van der Waals surface area (Å²) in [7, 11) is 0. The normalized spacial score (nSPS) is 16.9. The summed E-state index contributed by atoms with van der Waals surface area (Å²) < 4.78 is 10.7. The smallest absolute Gasteiger partial charge is 0.253 e. The molecular weight excluding hydrogens is 446 g/mol. The number of carbonyl (C=O) groups is 3. The molecule has 2 aliphatic rings. The topological polar surface area (TPSA) is 97.0 Å². The van der Waals surface area contributed by atoms with Crippen molar-refractivity contribution in [3.63, 3.8) is 0 Å². The number of rotatable bonds is 7. The van der Waals surface area contributed by atoms with Crippen molar-refractivity contribution < 1.29 is 23.9 Å². The molecule has 2 atom stereocenters. The van der Waals surface area contributed by atoms with E-state index in [9.17, 15) is 14.4 Å². The Morgan fingerprint density at radius 1 is 0.971 bits per heavy atom. The van der Waals surface area contributed by atoms with Crippen LogP contribution in [0.4, 0.5) is 0 Å². The Bertz CT molecular complexity index is 1080. The average Bonchev–Trinajstić information content (AvgIpc) is 3.35. The highest BCUT2D eigenvalue weighted by molar-refractivity contribution is 5.98. The van der Waals surface area contributed by atoms with Gasteiger partial charge in [0.2, 0.25) is 12.7 Å². The molecule has 8 heteroatoms. The van der Waals surface area contributed by atoms with E-state index < -0.39 is 6.04 Å². The Morgan fingerprint density at radius 2 is 1.63 bits per heavy atom. The van der Waals surface area contributed by atoms with Crippen LogP contribution in [0, 0.1) is 12.8 Å². The van der Waals surface area contributed by atoms with Gasteiger partial charge in [-0.25, -0.2) is 0 Å². The van der Waals surface area contributed by atoms with Gasteiger partial charge in [0.15, 0.2) is 11.5 Å². The standard InChI is InChI=1S/C27H33N3O5/c1-4-18(3)28-26(32)24(29-25(31)21-9-10-22-23(15-21)35-16-34-22)19-11-13-30(14-12-19)27(33)20-7-5-17(2)6-8-20/h5-10,15,18-19,24H,4,11-14,16H2,1-3H3,(H,28,32)(H,29,31)/t18-,24+/m0/s1. The van der Waals surface area contributed by atoms with Crippen LogP contribution in [-0.4, -0.2) is 54.6 Å². The van der Waals surface area contributed by atoms with Gasteiger partial charge in [-0.15, -0.1) is 0 Å². The van der Waals surface area contributed by atoms with Crippen molar-refractivity contribution in [1.82, 2.24) is 15.5 Å². The summed E-state index contributed by atoms with van der Waals surface area (Å²) in [5.74, 6) is 0.481. The molecule has 0 bridgehead atoms. The van der Waals surface area contributed by atoms with Gasteiger partial charge in [-0.2, -0.15) is 0 Å². The van der Waals surface area contributed by atoms with Crippen LogP contribution in [0.1, 0.15) is 59.4 Å². The lowest BCUT2D eigenvalue weighted by Gasteiger charge is -2.36. The van der Waals surface area contributed by atoms with E-state index in [4.69, 9.17) is 9.47 Å². The van der Waals surface area contributed by atoms with Gasteiger partial charge >= 0.3 is 0 Å². The summed E-state index contributed by atoms with van der Waals surface area (Å²) in [6.45, 7) is 7.12. The fourth-order valence-corrected chi connectivity index (χ4v) is 4.41. The van der Waals surface area contributed by atoms with Gasteiger partial charge in [0.25, 0.3) is 11.8 Å². The van der Waals surface area contributed by atoms with Crippen LogP contribution >= 0.6 is 0 Å². The fraction of sp³-hybridized carbons (Fsp3) is 0.444. The first kappa shape index (κ1) is 24.6. The molecule has 8 nitrogen and oxygen atoms in total. The highest BCUT2D eigenvalue weighted by Crippen LogP contribution is 2.32. The maximum Gasteiger partial charge on any atom is 0.253 e. The number of nitrogens with zero attached hydrogens (tertiary/aromatic N) is 1. The fourth-order valence-electron chi connectivity index (χ4n) is 4.41. The van der Waals surface area contributed by atoms with E-state index >= 15 is 0 Å². The molecule has 0 radical (unpaired) electrons. The van der Waals surface area contributed by atoms with E-state index in [-0.39, 0.29) is 36.5 Å². The molecule has 2 aliphatic heterocycles. The monoisotopic (exact) mass is 479 g/mol. The molecule has 0 aliphatic carbocycles. The number of nitrogens with one attached hydrogen (secondary N) is 2. The number of ether oxygens (including phenoxy) is 2. The summed E-state index contributed by atoms with van der Waals surface area (Å²) in [5, 5.41) is 5.97. The number of benzene rings is 2. The molecule has 2 aromatic rings. The molecule has 2 N–H and O–H groups in total. The molecule has 2 heterocycles. The van der Waals surface area contributed by atoms with Crippen LogP contribution in [0.15, 0.2) is 42.5 Å². The lowest BCUT2D eigenvalue weighted by Crippen LogP contribution is -2.55. The van der Waals surface area contributed by atoms with E-state index in [0.29, 0.717) is 48.6 Å². The summed E-state index contributed by atoms with van der Waals surface area (Å²) in [4.78, 5) is 41.0. The first-order valence-corrected chi connectivity index (χ1v) is 12.2. The number of hydrogen-bond acceptors (Lipinski definition) is 5. The third kappa shape index (κ3) is 5.75. The van der Waals surface area contributed by atoms with Gasteiger partial charge in [-0.1, -0.05) is 24.6 Å². The minimum absolute atomic E-state index is 0.00403. The molecule has 4 rings (SSSR count). The second-order valence-electron chi connectivity index (χ2n) is 9.33. The van der Waals surface area contributed by atoms with Crippen molar-refractivity contribution in [1.29, 1.82) is 0 Å². The second kappa shape index (κ2) is 10.8.